The first-order chi connectivity index (χ1) is 9.04. The van der Waals surface area contributed by atoms with Crippen molar-refractivity contribution in [3.8, 4) is 11.3 Å². The van der Waals surface area contributed by atoms with Crippen LogP contribution < -0.4 is 0 Å². The fourth-order valence-corrected chi connectivity index (χ4v) is 2.52. The third-order valence-electron chi connectivity index (χ3n) is 3.51. The van der Waals surface area contributed by atoms with Crippen LogP contribution in [0, 0.1) is 13.8 Å². The molecule has 104 valence electrons. The first-order valence-corrected chi connectivity index (χ1v) is 6.76. The lowest BCUT2D eigenvalue weighted by Crippen LogP contribution is -2.18. The molecule has 0 bridgehead atoms. The molecule has 0 aromatic carbocycles. The Hall–Kier alpha value is -1.62. The van der Waals surface area contributed by atoms with Crippen molar-refractivity contribution < 1.29 is 0 Å². The molecule has 0 aliphatic heterocycles. The number of hydrogen-bond donors (Lipinski definition) is 1. The van der Waals surface area contributed by atoms with E-state index in [2.05, 4.69) is 41.1 Å². The van der Waals surface area contributed by atoms with Crippen LogP contribution in [0.4, 0.5) is 0 Å². The monoisotopic (exact) mass is 261 g/mol. The van der Waals surface area contributed by atoms with Crippen LogP contribution >= 0.6 is 0 Å². The van der Waals surface area contributed by atoms with Gasteiger partial charge in [-0.3, -0.25) is 9.78 Å². The van der Waals surface area contributed by atoms with Crippen LogP contribution in [0.2, 0.25) is 0 Å². The number of aromatic nitrogens is 4. The highest BCUT2D eigenvalue weighted by Gasteiger charge is 2.18. The predicted molar refractivity (Wildman–Crippen MR) is 76.9 cm³/mol. The highest BCUT2D eigenvalue weighted by Crippen LogP contribution is 2.28. The second kappa shape index (κ2) is 5.57. The van der Waals surface area contributed by atoms with Crippen molar-refractivity contribution in [2.75, 3.05) is 13.6 Å². The Kier molecular flexibility index (Phi) is 4.04. The number of hydrogen-bond acceptors (Lipinski definition) is 3. The third kappa shape index (κ3) is 2.71. The molecule has 0 fully saturated rings. The van der Waals surface area contributed by atoms with Crippen LogP contribution in [-0.2, 0) is 13.6 Å². The van der Waals surface area contributed by atoms with Crippen LogP contribution in [0.25, 0.3) is 11.3 Å². The van der Waals surface area contributed by atoms with Gasteiger partial charge in [-0.15, -0.1) is 0 Å². The van der Waals surface area contributed by atoms with Gasteiger partial charge in [0.2, 0.25) is 0 Å². The zero-order valence-electron chi connectivity index (χ0n) is 12.5. The second-order valence-corrected chi connectivity index (χ2v) is 5.17. The zero-order valence-corrected chi connectivity index (χ0v) is 12.5. The number of aromatic amines is 1. The van der Waals surface area contributed by atoms with Crippen molar-refractivity contribution in [1.82, 2.24) is 24.9 Å². The van der Waals surface area contributed by atoms with E-state index in [1.807, 2.05) is 24.9 Å². The van der Waals surface area contributed by atoms with Crippen molar-refractivity contribution in [3.05, 3.63) is 23.1 Å². The fraction of sp³-hybridized carbons (Fsp3) is 0.571. The zero-order chi connectivity index (χ0) is 14.0. The number of aryl methyl sites for hydroxylation is 2. The molecule has 5 nitrogen and oxygen atoms in total. The second-order valence-electron chi connectivity index (χ2n) is 5.17. The molecule has 0 unspecified atom stereocenters. The summed E-state index contributed by atoms with van der Waals surface area (Å²) in [6, 6.07) is 0. The summed E-state index contributed by atoms with van der Waals surface area (Å²) in [5.41, 5.74) is 5.61. The summed E-state index contributed by atoms with van der Waals surface area (Å²) in [4.78, 5) is 2.31. The lowest BCUT2D eigenvalue weighted by molar-refractivity contribution is 0.328. The van der Waals surface area contributed by atoms with Crippen LogP contribution in [0.3, 0.4) is 0 Å². The molecule has 0 atom stereocenters. The minimum absolute atomic E-state index is 0.910. The molecule has 0 aliphatic rings. The molecule has 2 heterocycles. The smallest absolute Gasteiger partial charge is 0.100 e. The van der Waals surface area contributed by atoms with E-state index in [1.165, 1.54) is 5.56 Å². The van der Waals surface area contributed by atoms with Crippen LogP contribution in [0.15, 0.2) is 6.20 Å². The molecular formula is C14H23N5. The molecule has 0 saturated carbocycles. The van der Waals surface area contributed by atoms with Gasteiger partial charge >= 0.3 is 0 Å². The summed E-state index contributed by atoms with van der Waals surface area (Å²) in [5, 5.41) is 11.9. The Morgan fingerprint density at radius 2 is 2.11 bits per heavy atom. The summed E-state index contributed by atoms with van der Waals surface area (Å²) in [7, 11) is 4.12. The van der Waals surface area contributed by atoms with Gasteiger partial charge in [0, 0.05) is 36.6 Å². The van der Waals surface area contributed by atoms with Gasteiger partial charge in [0.05, 0.1) is 5.69 Å². The van der Waals surface area contributed by atoms with Crippen molar-refractivity contribution >= 4 is 0 Å². The molecular weight excluding hydrogens is 238 g/mol. The maximum absolute atomic E-state index is 4.47. The third-order valence-corrected chi connectivity index (χ3v) is 3.51. The van der Waals surface area contributed by atoms with Crippen molar-refractivity contribution in [2.45, 2.75) is 33.7 Å². The number of nitrogens with zero attached hydrogens (tertiary/aromatic N) is 4. The topological polar surface area (TPSA) is 49.7 Å². The molecule has 2 rings (SSSR count). The number of nitrogens with one attached hydrogen (secondary N) is 1. The average molecular weight is 261 g/mol. The fourth-order valence-electron chi connectivity index (χ4n) is 2.52. The highest BCUT2D eigenvalue weighted by molar-refractivity contribution is 5.67. The van der Waals surface area contributed by atoms with Gasteiger partial charge in [-0.25, -0.2) is 0 Å². The predicted octanol–water partition coefficient (Wildman–Crippen LogP) is 2.27. The largest absolute Gasteiger partial charge is 0.302 e. The molecule has 0 spiro atoms. The number of H-pyrrole nitrogens is 1. The van der Waals surface area contributed by atoms with Crippen molar-refractivity contribution in [1.29, 1.82) is 0 Å². The SMILES string of the molecule is CCCN(C)Cc1c[nH]nc1-c1c(C)nn(C)c1C. The molecule has 5 heteroatoms. The summed E-state index contributed by atoms with van der Waals surface area (Å²) in [5.74, 6) is 0. The van der Waals surface area contributed by atoms with E-state index in [-0.39, 0.29) is 0 Å². The normalized spacial score (nSPS) is 11.5. The van der Waals surface area contributed by atoms with Gasteiger partial charge in [0.25, 0.3) is 0 Å². The quantitative estimate of drug-likeness (QED) is 0.898. The van der Waals surface area contributed by atoms with Crippen LogP contribution in [-0.4, -0.2) is 38.5 Å². The summed E-state index contributed by atoms with van der Waals surface area (Å²) < 4.78 is 1.92. The standard InChI is InChI=1S/C14H23N5/c1-6-7-18(4)9-12-8-15-16-14(12)13-10(2)17-19(5)11(13)3/h8H,6-7,9H2,1-5H3,(H,15,16). The van der Waals surface area contributed by atoms with E-state index in [1.54, 1.807) is 0 Å². The average Bonchev–Trinajstić information content (AvgIpc) is 2.86. The molecule has 19 heavy (non-hydrogen) atoms. The Bertz CT molecular complexity index is 552. The maximum atomic E-state index is 4.47. The first-order valence-electron chi connectivity index (χ1n) is 6.76. The van der Waals surface area contributed by atoms with E-state index in [4.69, 9.17) is 0 Å². The van der Waals surface area contributed by atoms with E-state index in [9.17, 15) is 0 Å². The Morgan fingerprint density at radius 3 is 2.68 bits per heavy atom. The molecule has 2 aromatic heterocycles. The summed E-state index contributed by atoms with van der Waals surface area (Å²) >= 11 is 0. The van der Waals surface area contributed by atoms with Gasteiger partial charge in [0.15, 0.2) is 0 Å². The van der Waals surface area contributed by atoms with Gasteiger partial charge in [-0.2, -0.15) is 10.2 Å². The first kappa shape index (κ1) is 13.8. The Morgan fingerprint density at radius 1 is 1.37 bits per heavy atom. The van der Waals surface area contributed by atoms with Crippen molar-refractivity contribution in [2.24, 2.45) is 7.05 Å². The Balaban J connectivity index is 2.34. The number of rotatable bonds is 5. The molecule has 0 saturated heterocycles. The van der Waals surface area contributed by atoms with Gasteiger partial charge in [-0.05, 0) is 33.9 Å². The van der Waals surface area contributed by atoms with Crippen molar-refractivity contribution in [3.63, 3.8) is 0 Å². The lowest BCUT2D eigenvalue weighted by atomic mass is 10.1. The minimum Gasteiger partial charge on any atom is -0.302 e. The summed E-state index contributed by atoms with van der Waals surface area (Å²) in [6.45, 7) is 8.32. The van der Waals surface area contributed by atoms with Gasteiger partial charge < -0.3 is 4.90 Å². The molecule has 0 radical (unpaired) electrons. The molecule has 0 aliphatic carbocycles. The maximum Gasteiger partial charge on any atom is 0.100 e. The van der Waals surface area contributed by atoms with Gasteiger partial charge in [-0.1, -0.05) is 6.92 Å². The molecule has 0 amide bonds. The Labute approximate surface area is 114 Å². The van der Waals surface area contributed by atoms with E-state index in [0.29, 0.717) is 0 Å². The van der Waals surface area contributed by atoms with E-state index < -0.39 is 0 Å². The van der Waals surface area contributed by atoms with E-state index >= 15 is 0 Å². The summed E-state index contributed by atoms with van der Waals surface area (Å²) in [6.07, 6.45) is 3.15. The minimum atomic E-state index is 0.910. The van der Waals surface area contributed by atoms with E-state index in [0.717, 1.165) is 42.2 Å². The molecule has 2 aromatic rings. The van der Waals surface area contributed by atoms with Crippen LogP contribution in [0.5, 0.6) is 0 Å². The molecule has 1 N–H and O–H groups in total. The van der Waals surface area contributed by atoms with Gasteiger partial charge in [0.1, 0.15) is 5.69 Å². The lowest BCUT2D eigenvalue weighted by Gasteiger charge is -2.15. The highest BCUT2D eigenvalue weighted by atomic mass is 15.3. The van der Waals surface area contributed by atoms with Crippen LogP contribution in [0.1, 0.15) is 30.3 Å².